The van der Waals surface area contributed by atoms with Gasteiger partial charge >= 0.3 is 0 Å². The van der Waals surface area contributed by atoms with Crippen molar-refractivity contribution in [3.8, 4) is 0 Å². The molecule has 7 nitrogen and oxygen atoms in total. The van der Waals surface area contributed by atoms with Crippen molar-refractivity contribution in [1.82, 2.24) is 14.5 Å². The van der Waals surface area contributed by atoms with Crippen molar-refractivity contribution in [3.05, 3.63) is 17.5 Å². The Bertz CT molecular complexity index is 728. The SMILES string of the molecule is CC(C)(CNC(=O)C1CCCN(S(=O)(=O)c2cccs2)C1)N1CCOCC1. The third kappa shape index (κ3) is 4.89. The van der Waals surface area contributed by atoms with Crippen LogP contribution < -0.4 is 5.32 Å². The molecule has 1 N–H and O–H groups in total. The number of ether oxygens (including phenoxy) is 1. The zero-order valence-electron chi connectivity index (χ0n) is 16.0. The van der Waals surface area contributed by atoms with Crippen LogP contribution in [0.15, 0.2) is 21.7 Å². The lowest BCUT2D eigenvalue weighted by Gasteiger charge is -2.41. The highest BCUT2D eigenvalue weighted by Gasteiger charge is 2.35. The minimum atomic E-state index is -3.50. The van der Waals surface area contributed by atoms with Gasteiger partial charge in [-0.3, -0.25) is 9.69 Å². The van der Waals surface area contributed by atoms with Crippen LogP contribution in [0.4, 0.5) is 0 Å². The van der Waals surface area contributed by atoms with Crippen molar-refractivity contribution in [3.63, 3.8) is 0 Å². The molecule has 3 rings (SSSR count). The van der Waals surface area contributed by atoms with Crippen LogP contribution >= 0.6 is 11.3 Å². The zero-order chi connectivity index (χ0) is 19.5. The van der Waals surface area contributed by atoms with Gasteiger partial charge in [0.2, 0.25) is 5.91 Å². The number of sulfonamides is 1. The number of nitrogens with zero attached hydrogens (tertiary/aromatic N) is 2. The molecule has 2 fully saturated rings. The Balaban J connectivity index is 1.57. The van der Waals surface area contributed by atoms with Crippen molar-refractivity contribution in [1.29, 1.82) is 0 Å². The molecule has 0 spiro atoms. The fourth-order valence-electron chi connectivity index (χ4n) is 3.64. The summed E-state index contributed by atoms with van der Waals surface area (Å²) in [6.45, 7) is 8.66. The van der Waals surface area contributed by atoms with Gasteiger partial charge in [-0.1, -0.05) is 6.07 Å². The number of piperidine rings is 1. The number of carbonyl (C=O) groups excluding carboxylic acids is 1. The molecule has 1 unspecified atom stereocenters. The third-order valence-electron chi connectivity index (χ3n) is 5.41. The Kier molecular flexibility index (Phi) is 6.58. The molecule has 1 atom stereocenters. The summed E-state index contributed by atoms with van der Waals surface area (Å²) in [5.41, 5.74) is -0.156. The Hall–Kier alpha value is -1.00. The molecule has 27 heavy (non-hydrogen) atoms. The molecule has 0 bridgehead atoms. The molecule has 9 heteroatoms. The number of hydrogen-bond donors (Lipinski definition) is 1. The first kappa shape index (κ1) is 20.7. The average molecular weight is 416 g/mol. The average Bonchev–Trinajstić information content (AvgIpc) is 3.23. The lowest BCUT2D eigenvalue weighted by molar-refractivity contribution is -0.126. The summed E-state index contributed by atoms with van der Waals surface area (Å²) in [5.74, 6) is -0.351. The van der Waals surface area contributed by atoms with E-state index in [4.69, 9.17) is 4.74 Å². The van der Waals surface area contributed by atoms with E-state index in [9.17, 15) is 13.2 Å². The number of rotatable bonds is 6. The lowest BCUT2D eigenvalue weighted by Crippen LogP contribution is -2.56. The van der Waals surface area contributed by atoms with Gasteiger partial charge in [0.25, 0.3) is 10.0 Å². The standard InChI is InChI=1S/C18H29N3O4S2/c1-18(2,20-8-10-25-11-9-20)14-19-17(22)15-5-3-7-21(13-15)27(23,24)16-6-4-12-26-16/h4,6,12,15H,3,5,7-11,13-14H2,1-2H3,(H,19,22). The number of nitrogens with one attached hydrogen (secondary N) is 1. The minimum absolute atomic E-state index is 0.0533. The van der Waals surface area contributed by atoms with Crippen LogP contribution in [0.3, 0.4) is 0 Å². The minimum Gasteiger partial charge on any atom is -0.379 e. The Morgan fingerprint density at radius 3 is 2.74 bits per heavy atom. The fourth-order valence-corrected chi connectivity index (χ4v) is 6.31. The second-order valence-electron chi connectivity index (χ2n) is 7.76. The maximum atomic E-state index is 12.7. The van der Waals surface area contributed by atoms with Crippen LogP contribution in [-0.4, -0.2) is 75.0 Å². The zero-order valence-corrected chi connectivity index (χ0v) is 17.7. The Morgan fingerprint density at radius 2 is 2.07 bits per heavy atom. The first-order valence-electron chi connectivity index (χ1n) is 9.45. The van der Waals surface area contributed by atoms with Gasteiger partial charge in [-0.2, -0.15) is 4.31 Å². The quantitative estimate of drug-likeness (QED) is 0.759. The van der Waals surface area contributed by atoms with Gasteiger partial charge in [-0.25, -0.2) is 8.42 Å². The van der Waals surface area contributed by atoms with E-state index in [2.05, 4.69) is 24.1 Å². The first-order valence-corrected chi connectivity index (χ1v) is 11.8. The van der Waals surface area contributed by atoms with Crippen molar-refractivity contribution in [2.24, 2.45) is 5.92 Å². The van der Waals surface area contributed by atoms with Crippen LogP contribution in [-0.2, 0) is 19.6 Å². The second kappa shape index (κ2) is 8.57. The molecule has 1 amide bonds. The van der Waals surface area contributed by atoms with Crippen LogP contribution in [0.2, 0.25) is 0 Å². The van der Waals surface area contributed by atoms with Gasteiger partial charge in [0.05, 0.1) is 19.1 Å². The third-order valence-corrected chi connectivity index (χ3v) is 8.64. The van der Waals surface area contributed by atoms with Crippen molar-refractivity contribution in [2.75, 3.05) is 45.9 Å². The van der Waals surface area contributed by atoms with E-state index in [-0.39, 0.29) is 23.9 Å². The van der Waals surface area contributed by atoms with Gasteiger partial charge < -0.3 is 10.1 Å². The number of carbonyl (C=O) groups is 1. The van der Waals surface area contributed by atoms with Crippen LogP contribution in [0.1, 0.15) is 26.7 Å². The van der Waals surface area contributed by atoms with Gasteiger partial charge in [-0.15, -0.1) is 11.3 Å². The molecule has 0 radical (unpaired) electrons. The Morgan fingerprint density at radius 1 is 1.33 bits per heavy atom. The number of hydrogen-bond acceptors (Lipinski definition) is 6. The molecule has 1 aromatic rings. The monoisotopic (exact) mass is 415 g/mol. The molecule has 0 aliphatic carbocycles. The van der Waals surface area contributed by atoms with E-state index in [1.165, 1.54) is 15.6 Å². The predicted octanol–water partition coefficient (Wildman–Crippen LogP) is 1.38. The molecular formula is C18H29N3O4S2. The van der Waals surface area contributed by atoms with Crippen molar-refractivity contribution in [2.45, 2.75) is 36.4 Å². The molecule has 2 aliphatic rings. The van der Waals surface area contributed by atoms with Gasteiger partial charge in [0.1, 0.15) is 4.21 Å². The second-order valence-corrected chi connectivity index (χ2v) is 10.9. The van der Waals surface area contributed by atoms with Gasteiger partial charge in [0.15, 0.2) is 0 Å². The molecule has 0 saturated carbocycles. The first-order chi connectivity index (χ1) is 12.8. The maximum Gasteiger partial charge on any atom is 0.252 e. The molecule has 2 aliphatic heterocycles. The maximum absolute atomic E-state index is 12.7. The van der Waals surface area contributed by atoms with Crippen molar-refractivity contribution >= 4 is 27.3 Å². The van der Waals surface area contributed by atoms with Crippen molar-refractivity contribution < 1.29 is 17.9 Å². The lowest BCUT2D eigenvalue weighted by atomic mass is 9.97. The summed E-state index contributed by atoms with van der Waals surface area (Å²) in [6.07, 6.45) is 1.43. The number of thiophene rings is 1. The summed E-state index contributed by atoms with van der Waals surface area (Å²) >= 11 is 1.22. The molecule has 1 aromatic heterocycles. The highest BCUT2D eigenvalue weighted by Crippen LogP contribution is 2.26. The highest BCUT2D eigenvalue weighted by molar-refractivity contribution is 7.91. The van der Waals surface area contributed by atoms with Crippen LogP contribution in [0, 0.1) is 5.92 Å². The molecule has 152 valence electrons. The summed E-state index contributed by atoms with van der Waals surface area (Å²) in [5, 5.41) is 4.82. The number of morpholine rings is 1. The molecule has 3 heterocycles. The van der Waals surface area contributed by atoms with E-state index >= 15 is 0 Å². The van der Waals surface area contributed by atoms with Gasteiger partial charge in [0, 0.05) is 38.3 Å². The smallest absolute Gasteiger partial charge is 0.252 e. The summed E-state index contributed by atoms with van der Waals surface area (Å²) in [4.78, 5) is 15.0. The molecular weight excluding hydrogens is 386 g/mol. The Labute approximate surface area is 165 Å². The van der Waals surface area contributed by atoms with E-state index in [0.717, 1.165) is 32.7 Å². The van der Waals surface area contributed by atoms with Gasteiger partial charge in [-0.05, 0) is 38.1 Å². The highest BCUT2D eigenvalue weighted by atomic mass is 32.2. The van der Waals surface area contributed by atoms with E-state index < -0.39 is 10.0 Å². The molecule has 2 saturated heterocycles. The van der Waals surface area contributed by atoms with E-state index in [1.807, 2.05) is 0 Å². The largest absolute Gasteiger partial charge is 0.379 e. The van der Waals surface area contributed by atoms with Crippen LogP contribution in [0.5, 0.6) is 0 Å². The van der Waals surface area contributed by atoms with E-state index in [0.29, 0.717) is 23.7 Å². The normalized spacial score (nSPS) is 23.3. The predicted molar refractivity (Wildman–Crippen MR) is 105 cm³/mol. The topological polar surface area (TPSA) is 79.0 Å². The number of amides is 1. The fraction of sp³-hybridized carbons (Fsp3) is 0.722. The molecule has 0 aromatic carbocycles. The summed E-state index contributed by atoms with van der Waals surface area (Å²) in [7, 11) is -3.50. The summed E-state index contributed by atoms with van der Waals surface area (Å²) < 4.78 is 32.7. The van der Waals surface area contributed by atoms with E-state index in [1.54, 1.807) is 17.5 Å². The van der Waals surface area contributed by atoms with Crippen LogP contribution in [0.25, 0.3) is 0 Å². The summed E-state index contributed by atoms with van der Waals surface area (Å²) in [6, 6.07) is 3.36.